The summed E-state index contributed by atoms with van der Waals surface area (Å²) in [6.07, 6.45) is 8.85. The molecular weight excluding hydrogens is 394 g/mol. The number of thioether (sulfide) groups is 1. The van der Waals surface area contributed by atoms with Gasteiger partial charge < -0.3 is 9.73 Å². The molecular formula is C24H31N3O2S. The fourth-order valence-corrected chi connectivity index (χ4v) is 6.99. The van der Waals surface area contributed by atoms with Gasteiger partial charge in [-0.2, -0.15) is 0 Å². The first kappa shape index (κ1) is 20.1. The van der Waals surface area contributed by atoms with Crippen LogP contribution in [0.15, 0.2) is 33.9 Å². The molecule has 4 bridgehead atoms. The molecule has 1 heterocycles. The van der Waals surface area contributed by atoms with Crippen LogP contribution in [0.3, 0.4) is 0 Å². The molecule has 1 atom stereocenters. The lowest BCUT2D eigenvalue weighted by Crippen LogP contribution is -2.48. The van der Waals surface area contributed by atoms with Gasteiger partial charge in [-0.1, -0.05) is 43.8 Å². The standard InChI is InChI=1S/C24H31N3O2S/c1-3-15(2)19-6-4-5-7-20(19)25-21(28)14-30-23-27-26-22(29-23)24-11-16-8-17(12-24)10-18(9-16)13-24/h4-7,15-18H,3,8-14H2,1-2H3,(H,25,28)/t15-,16?,17?,18?,24?/m0/s1. The van der Waals surface area contributed by atoms with Crippen LogP contribution in [-0.4, -0.2) is 21.9 Å². The molecule has 4 aliphatic carbocycles. The second kappa shape index (κ2) is 8.03. The molecule has 0 unspecified atom stereocenters. The molecule has 0 aliphatic heterocycles. The monoisotopic (exact) mass is 425 g/mol. The lowest BCUT2D eigenvalue weighted by Gasteiger charge is -2.55. The van der Waals surface area contributed by atoms with Crippen LogP contribution in [0.1, 0.15) is 76.2 Å². The van der Waals surface area contributed by atoms with Crippen LogP contribution in [0.2, 0.25) is 0 Å². The summed E-state index contributed by atoms with van der Waals surface area (Å²) >= 11 is 1.34. The summed E-state index contributed by atoms with van der Waals surface area (Å²) in [5, 5.41) is 12.3. The first-order valence-corrected chi connectivity index (χ1v) is 12.4. The van der Waals surface area contributed by atoms with E-state index < -0.39 is 0 Å². The Labute approximate surface area is 182 Å². The maximum atomic E-state index is 12.6. The molecule has 2 aromatic rings. The number of hydrogen-bond donors (Lipinski definition) is 1. The van der Waals surface area contributed by atoms with Crippen LogP contribution < -0.4 is 5.32 Å². The maximum Gasteiger partial charge on any atom is 0.277 e. The van der Waals surface area contributed by atoms with Crippen molar-refractivity contribution < 1.29 is 9.21 Å². The Kier molecular flexibility index (Phi) is 5.38. The zero-order valence-electron chi connectivity index (χ0n) is 17.9. The van der Waals surface area contributed by atoms with Crippen LogP contribution >= 0.6 is 11.8 Å². The Morgan fingerprint density at radius 2 is 1.83 bits per heavy atom. The van der Waals surface area contributed by atoms with E-state index in [4.69, 9.17) is 4.42 Å². The van der Waals surface area contributed by atoms with Crippen LogP contribution in [0.5, 0.6) is 0 Å². The van der Waals surface area contributed by atoms with Gasteiger partial charge in [0.2, 0.25) is 11.8 Å². The zero-order valence-corrected chi connectivity index (χ0v) is 18.7. The van der Waals surface area contributed by atoms with Crippen molar-refractivity contribution in [2.24, 2.45) is 17.8 Å². The predicted molar refractivity (Wildman–Crippen MR) is 119 cm³/mol. The Morgan fingerprint density at radius 3 is 2.50 bits per heavy atom. The molecule has 4 fully saturated rings. The molecule has 0 radical (unpaired) electrons. The fraction of sp³-hybridized carbons (Fsp3) is 0.625. The van der Waals surface area contributed by atoms with Crippen LogP contribution in [0, 0.1) is 17.8 Å². The molecule has 4 saturated carbocycles. The molecule has 1 aromatic carbocycles. The third-order valence-corrected chi connectivity index (χ3v) is 8.42. The molecule has 1 N–H and O–H groups in total. The van der Waals surface area contributed by atoms with Crippen LogP contribution in [0.4, 0.5) is 5.69 Å². The van der Waals surface area contributed by atoms with Gasteiger partial charge in [0, 0.05) is 11.1 Å². The van der Waals surface area contributed by atoms with Crippen molar-refractivity contribution in [1.82, 2.24) is 10.2 Å². The topological polar surface area (TPSA) is 68.0 Å². The Morgan fingerprint density at radius 1 is 1.17 bits per heavy atom. The first-order chi connectivity index (χ1) is 14.5. The van der Waals surface area contributed by atoms with Gasteiger partial charge in [0.1, 0.15) is 0 Å². The van der Waals surface area contributed by atoms with Crippen LogP contribution in [0.25, 0.3) is 0 Å². The van der Waals surface area contributed by atoms with Gasteiger partial charge in [-0.05, 0) is 80.2 Å². The van der Waals surface area contributed by atoms with E-state index in [9.17, 15) is 4.79 Å². The molecule has 5 nitrogen and oxygen atoms in total. The van der Waals surface area contributed by atoms with Crippen molar-refractivity contribution in [3.8, 4) is 0 Å². The molecule has 30 heavy (non-hydrogen) atoms. The average Bonchev–Trinajstić information content (AvgIpc) is 3.21. The molecule has 0 saturated heterocycles. The predicted octanol–water partition coefficient (Wildman–Crippen LogP) is 5.78. The Hall–Kier alpha value is -1.82. The summed E-state index contributed by atoms with van der Waals surface area (Å²) in [5.74, 6) is 4.00. The molecule has 1 aromatic heterocycles. The molecule has 6 rings (SSSR count). The number of para-hydroxylation sites is 1. The number of benzene rings is 1. The normalized spacial score (nSPS) is 30.4. The van der Waals surface area contributed by atoms with E-state index in [1.165, 1.54) is 55.9 Å². The number of nitrogens with one attached hydrogen (secondary N) is 1. The van der Waals surface area contributed by atoms with Crippen molar-refractivity contribution >= 4 is 23.4 Å². The van der Waals surface area contributed by atoms with E-state index in [0.717, 1.165) is 35.8 Å². The van der Waals surface area contributed by atoms with E-state index in [-0.39, 0.29) is 17.1 Å². The molecule has 160 valence electrons. The van der Waals surface area contributed by atoms with Gasteiger partial charge in [0.05, 0.1) is 5.75 Å². The van der Waals surface area contributed by atoms with Crippen molar-refractivity contribution in [1.29, 1.82) is 0 Å². The highest BCUT2D eigenvalue weighted by Crippen LogP contribution is 2.60. The van der Waals surface area contributed by atoms with Gasteiger partial charge in [-0.25, -0.2) is 0 Å². The molecule has 6 heteroatoms. The summed E-state index contributed by atoms with van der Waals surface area (Å²) in [5.41, 5.74) is 2.19. The number of anilines is 1. The molecule has 4 aliphatic rings. The SMILES string of the molecule is CC[C@H](C)c1ccccc1NC(=O)CSc1nnc(C23CC4CC(CC(C4)C2)C3)o1. The zero-order chi connectivity index (χ0) is 20.7. The summed E-state index contributed by atoms with van der Waals surface area (Å²) < 4.78 is 6.11. The number of carbonyl (C=O) groups excluding carboxylic acids is 1. The van der Waals surface area contributed by atoms with Gasteiger partial charge in [0.25, 0.3) is 5.22 Å². The van der Waals surface area contributed by atoms with Crippen molar-refractivity contribution in [2.75, 3.05) is 11.1 Å². The van der Waals surface area contributed by atoms with Crippen molar-refractivity contribution in [3.63, 3.8) is 0 Å². The number of amides is 1. The van der Waals surface area contributed by atoms with Gasteiger partial charge >= 0.3 is 0 Å². The summed E-state index contributed by atoms with van der Waals surface area (Å²) in [4.78, 5) is 12.6. The second-order valence-corrected chi connectivity index (χ2v) is 10.7. The highest BCUT2D eigenvalue weighted by atomic mass is 32.2. The minimum absolute atomic E-state index is 0.0368. The first-order valence-electron chi connectivity index (χ1n) is 11.4. The minimum Gasteiger partial charge on any atom is -0.415 e. The third kappa shape index (κ3) is 3.79. The fourth-order valence-electron chi connectivity index (χ4n) is 6.43. The quantitative estimate of drug-likeness (QED) is 0.569. The third-order valence-electron chi connectivity index (χ3n) is 7.60. The molecule has 0 spiro atoms. The summed E-state index contributed by atoms with van der Waals surface area (Å²) in [6, 6.07) is 8.05. The number of hydrogen-bond acceptors (Lipinski definition) is 5. The Balaban J connectivity index is 1.21. The van der Waals surface area contributed by atoms with E-state index in [0.29, 0.717) is 11.1 Å². The van der Waals surface area contributed by atoms with E-state index in [1.807, 2.05) is 18.2 Å². The number of rotatable bonds is 7. The van der Waals surface area contributed by atoms with Gasteiger partial charge in [-0.3, -0.25) is 4.79 Å². The summed E-state index contributed by atoms with van der Waals surface area (Å²) in [7, 11) is 0. The summed E-state index contributed by atoms with van der Waals surface area (Å²) in [6.45, 7) is 4.35. The van der Waals surface area contributed by atoms with Gasteiger partial charge in [-0.15, -0.1) is 10.2 Å². The van der Waals surface area contributed by atoms with E-state index in [1.54, 1.807) is 0 Å². The van der Waals surface area contributed by atoms with Crippen molar-refractivity contribution in [3.05, 3.63) is 35.7 Å². The highest BCUT2D eigenvalue weighted by Gasteiger charge is 2.54. The maximum absolute atomic E-state index is 12.6. The lowest BCUT2D eigenvalue weighted by atomic mass is 9.49. The number of aromatic nitrogens is 2. The molecule has 1 amide bonds. The van der Waals surface area contributed by atoms with Crippen LogP contribution in [-0.2, 0) is 10.2 Å². The van der Waals surface area contributed by atoms with E-state index >= 15 is 0 Å². The van der Waals surface area contributed by atoms with E-state index in [2.05, 4.69) is 35.4 Å². The smallest absolute Gasteiger partial charge is 0.277 e. The minimum atomic E-state index is -0.0368. The largest absolute Gasteiger partial charge is 0.415 e. The number of carbonyl (C=O) groups is 1. The highest BCUT2D eigenvalue weighted by molar-refractivity contribution is 7.99. The second-order valence-electron chi connectivity index (χ2n) is 9.80. The van der Waals surface area contributed by atoms with Gasteiger partial charge in [0.15, 0.2) is 0 Å². The van der Waals surface area contributed by atoms with Crippen molar-refractivity contribution in [2.45, 2.75) is 75.3 Å². The number of nitrogens with zero attached hydrogens (tertiary/aromatic N) is 2. The average molecular weight is 426 g/mol. The Bertz CT molecular complexity index is 889. The lowest BCUT2D eigenvalue weighted by molar-refractivity contribution is -0.113.